The SMILES string of the molecule is CCn1cc(C(=O)N2C[C@@H]3CN(Cc4nncn4C)C[C@@H]3[C@H]2c2ccccc2)cn1. The molecule has 0 aliphatic carbocycles. The van der Waals surface area contributed by atoms with Gasteiger partial charge in [-0.2, -0.15) is 5.10 Å². The Morgan fingerprint density at radius 1 is 1.17 bits per heavy atom. The number of fused-ring (bicyclic) bond motifs is 1. The first kappa shape index (κ1) is 19.0. The van der Waals surface area contributed by atoms with Gasteiger partial charge in [0, 0.05) is 45.3 Å². The van der Waals surface area contributed by atoms with Gasteiger partial charge in [0.25, 0.3) is 5.91 Å². The summed E-state index contributed by atoms with van der Waals surface area (Å²) >= 11 is 0. The number of likely N-dealkylation sites (tertiary alicyclic amines) is 2. The molecule has 0 unspecified atom stereocenters. The topological polar surface area (TPSA) is 72.1 Å². The molecule has 1 amide bonds. The van der Waals surface area contributed by atoms with Gasteiger partial charge < -0.3 is 9.47 Å². The minimum atomic E-state index is 0.0813. The Labute approximate surface area is 176 Å². The average Bonchev–Trinajstić information content (AvgIpc) is 3.53. The van der Waals surface area contributed by atoms with Crippen LogP contribution in [0.3, 0.4) is 0 Å². The summed E-state index contributed by atoms with van der Waals surface area (Å²) < 4.78 is 3.79. The molecule has 5 rings (SSSR count). The molecule has 0 bridgehead atoms. The second-order valence-corrected chi connectivity index (χ2v) is 8.37. The van der Waals surface area contributed by atoms with Crippen LogP contribution in [0.5, 0.6) is 0 Å². The van der Waals surface area contributed by atoms with Crippen LogP contribution in [-0.2, 0) is 20.1 Å². The highest BCUT2D eigenvalue weighted by molar-refractivity contribution is 5.94. The zero-order valence-corrected chi connectivity index (χ0v) is 17.4. The van der Waals surface area contributed by atoms with Crippen molar-refractivity contribution in [3.8, 4) is 0 Å². The highest BCUT2D eigenvalue weighted by Gasteiger charge is 2.49. The number of hydrogen-bond donors (Lipinski definition) is 0. The van der Waals surface area contributed by atoms with Crippen molar-refractivity contribution in [1.82, 2.24) is 34.3 Å². The molecule has 4 heterocycles. The highest BCUT2D eigenvalue weighted by Crippen LogP contribution is 2.45. The molecule has 8 heteroatoms. The second-order valence-electron chi connectivity index (χ2n) is 8.37. The smallest absolute Gasteiger partial charge is 0.257 e. The van der Waals surface area contributed by atoms with Crippen LogP contribution in [0, 0.1) is 11.8 Å². The molecule has 3 aromatic rings. The van der Waals surface area contributed by atoms with Gasteiger partial charge in [0.05, 0.1) is 24.3 Å². The van der Waals surface area contributed by atoms with E-state index in [0.29, 0.717) is 17.4 Å². The summed E-state index contributed by atoms with van der Waals surface area (Å²) in [5.74, 6) is 1.92. The standard InChI is InChI=1S/C22H27N7O/c1-3-28-11-17(9-24-28)22(30)29-12-18-10-27(14-20-25-23-15-26(20)2)13-19(18)21(29)16-7-5-4-6-8-16/h4-9,11,15,18-19,21H,3,10,12-14H2,1-2H3/t18-,19-,21+/m0/s1. The highest BCUT2D eigenvalue weighted by atomic mass is 16.2. The van der Waals surface area contributed by atoms with Gasteiger partial charge in [-0.1, -0.05) is 30.3 Å². The van der Waals surface area contributed by atoms with Crippen molar-refractivity contribution in [2.45, 2.75) is 26.1 Å². The number of carbonyl (C=O) groups is 1. The lowest BCUT2D eigenvalue weighted by Gasteiger charge is -2.29. The quantitative estimate of drug-likeness (QED) is 0.649. The van der Waals surface area contributed by atoms with Crippen molar-refractivity contribution in [1.29, 1.82) is 0 Å². The van der Waals surface area contributed by atoms with Gasteiger partial charge in [-0.15, -0.1) is 10.2 Å². The molecule has 0 N–H and O–H groups in total. The van der Waals surface area contributed by atoms with E-state index in [1.54, 1.807) is 12.5 Å². The Balaban J connectivity index is 1.40. The van der Waals surface area contributed by atoms with Crippen molar-refractivity contribution in [2.24, 2.45) is 18.9 Å². The number of carbonyl (C=O) groups excluding carboxylic acids is 1. The average molecular weight is 406 g/mol. The molecule has 0 spiro atoms. The molecule has 2 aliphatic rings. The zero-order valence-electron chi connectivity index (χ0n) is 17.4. The number of benzene rings is 1. The summed E-state index contributed by atoms with van der Waals surface area (Å²) in [6.07, 6.45) is 5.30. The first-order valence-electron chi connectivity index (χ1n) is 10.6. The molecular weight excluding hydrogens is 378 g/mol. The van der Waals surface area contributed by atoms with Gasteiger partial charge in [-0.3, -0.25) is 14.4 Å². The van der Waals surface area contributed by atoms with E-state index in [1.165, 1.54) is 5.56 Å². The summed E-state index contributed by atoms with van der Waals surface area (Å²) in [6, 6.07) is 10.5. The van der Waals surface area contributed by atoms with E-state index >= 15 is 0 Å². The Kier molecular flexibility index (Phi) is 4.86. The normalized spacial score (nSPS) is 23.8. The van der Waals surface area contributed by atoms with Gasteiger partial charge in [0.15, 0.2) is 0 Å². The van der Waals surface area contributed by atoms with E-state index in [0.717, 1.165) is 38.5 Å². The van der Waals surface area contributed by atoms with Gasteiger partial charge in [0.1, 0.15) is 12.2 Å². The molecule has 1 aromatic carbocycles. The van der Waals surface area contributed by atoms with Crippen molar-refractivity contribution in [2.75, 3.05) is 19.6 Å². The summed E-state index contributed by atoms with van der Waals surface area (Å²) in [5.41, 5.74) is 1.88. The van der Waals surface area contributed by atoms with Crippen LogP contribution in [0.1, 0.15) is 34.7 Å². The van der Waals surface area contributed by atoms with Gasteiger partial charge in [-0.05, 0) is 18.4 Å². The maximum absolute atomic E-state index is 13.4. The monoisotopic (exact) mass is 405 g/mol. The van der Waals surface area contributed by atoms with E-state index in [1.807, 2.05) is 35.5 Å². The summed E-state index contributed by atoms with van der Waals surface area (Å²) in [5, 5.41) is 12.5. The molecule has 8 nitrogen and oxygen atoms in total. The third kappa shape index (κ3) is 3.31. The van der Waals surface area contributed by atoms with Crippen molar-refractivity contribution in [3.63, 3.8) is 0 Å². The predicted octanol–water partition coefficient (Wildman–Crippen LogP) is 1.98. The molecule has 2 fully saturated rings. The fourth-order valence-corrected chi connectivity index (χ4v) is 5.02. The number of rotatable bonds is 5. The first-order valence-corrected chi connectivity index (χ1v) is 10.6. The summed E-state index contributed by atoms with van der Waals surface area (Å²) in [6.45, 7) is 6.28. The molecule has 2 aliphatic heterocycles. The van der Waals surface area contributed by atoms with E-state index in [-0.39, 0.29) is 11.9 Å². The third-order valence-corrected chi connectivity index (χ3v) is 6.52. The van der Waals surface area contributed by atoms with Crippen LogP contribution in [0.4, 0.5) is 0 Å². The van der Waals surface area contributed by atoms with Gasteiger partial charge in [-0.25, -0.2) is 0 Å². The van der Waals surface area contributed by atoms with Crippen LogP contribution < -0.4 is 0 Å². The van der Waals surface area contributed by atoms with Crippen LogP contribution in [0.25, 0.3) is 0 Å². The second kappa shape index (κ2) is 7.68. The summed E-state index contributed by atoms with van der Waals surface area (Å²) in [7, 11) is 1.98. The number of aromatic nitrogens is 5. The van der Waals surface area contributed by atoms with Crippen molar-refractivity contribution in [3.05, 3.63) is 66.0 Å². The lowest BCUT2D eigenvalue weighted by Crippen LogP contribution is -2.35. The zero-order chi connectivity index (χ0) is 20.7. The van der Waals surface area contributed by atoms with Crippen LogP contribution >= 0.6 is 0 Å². The molecule has 2 aromatic heterocycles. The van der Waals surface area contributed by atoms with Crippen molar-refractivity contribution < 1.29 is 4.79 Å². The lowest BCUT2D eigenvalue weighted by atomic mass is 9.89. The molecule has 30 heavy (non-hydrogen) atoms. The van der Waals surface area contributed by atoms with Gasteiger partial charge in [0.2, 0.25) is 0 Å². The maximum Gasteiger partial charge on any atom is 0.257 e. The Hall–Kier alpha value is -3.00. The van der Waals surface area contributed by atoms with Crippen LogP contribution in [-0.4, -0.2) is 59.9 Å². The van der Waals surface area contributed by atoms with Gasteiger partial charge >= 0.3 is 0 Å². The predicted molar refractivity (Wildman–Crippen MR) is 111 cm³/mol. The Morgan fingerprint density at radius 3 is 2.70 bits per heavy atom. The largest absolute Gasteiger partial charge is 0.331 e. The molecular formula is C22H27N7O. The van der Waals surface area contributed by atoms with Crippen LogP contribution in [0.2, 0.25) is 0 Å². The van der Waals surface area contributed by atoms with E-state index in [9.17, 15) is 4.79 Å². The molecule has 0 radical (unpaired) electrons. The Bertz CT molecular complexity index is 1030. The number of aryl methyl sites for hydroxylation is 2. The number of hydrogen-bond acceptors (Lipinski definition) is 5. The lowest BCUT2D eigenvalue weighted by molar-refractivity contribution is 0.0699. The molecule has 3 atom stereocenters. The molecule has 2 saturated heterocycles. The van der Waals surface area contributed by atoms with Crippen LogP contribution in [0.15, 0.2) is 49.1 Å². The molecule has 0 saturated carbocycles. The molecule has 156 valence electrons. The first-order chi connectivity index (χ1) is 14.6. The summed E-state index contributed by atoms with van der Waals surface area (Å²) in [4.78, 5) is 17.9. The van der Waals surface area contributed by atoms with E-state index in [2.05, 4.69) is 49.4 Å². The van der Waals surface area contributed by atoms with E-state index < -0.39 is 0 Å². The van der Waals surface area contributed by atoms with Crippen molar-refractivity contribution >= 4 is 5.91 Å². The maximum atomic E-state index is 13.4. The fourth-order valence-electron chi connectivity index (χ4n) is 5.02. The Morgan fingerprint density at radius 2 is 2.00 bits per heavy atom. The minimum Gasteiger partial charge on any atom is -0.331 e. The fraction of sp³-hybridized carbons (Fsp3) is 0.455. The number of nitrogens with zero attached hydrogens (tertiary/aromatic N) is 7. The van der Waals surface area contributed by atoms with E-state index in [4.69, 9.17) is 0 Å². The third-order valence-electron chi connectivity index (χ3n) is 6.52. The minimum absolute atomic E-state index is 0.0813. The number of amides is 1.